The zero-order valence-corrected chi connectivity index (χ0v) is 13.7. The second kappa shape index (κ2) is 8.09. The highest BCUT2D eigenvalue weighted by molar-refractivity contribution is 5.90. The third-order valence-electron chi connectivity index (χ3n) is 3.93. The summed E-state index contributed by atoms with van der Waals surface area (Å²) in [5.74, 6) is -1.43. The zero-order chi connectivity index (χ0) is 18.5. The number of esters is 2. The van der Waals surface area contributed by atoms with Crippen LogP contribution in [-0.4, -0.2) is 53.4 Å². The summed E-state index contributed by atoms with van der Waals surface area (Å²) in [7, 11) is 0. The summed E-state index contributed by atoms with van der Waals surface area (Å²) in [6.07, 6.45) is -5.41. The van der Waals surface area contributed by atoms with Crippen molar-refractivity contribution in [3.05, 3.63) is 71.8 Å². The van der Waals surface area contributed by atoms with Gasteiger partial charge in [-0.25, -0.2) is 9.59 Å². The standard InChI is InChI=1S/C19H18O7/c20-14-11-24-19(23)16(26-18(22)13-9-5-2-6-10-13)15(14)25-17(21)12-7-3-1-4-8-12/h1-10,14-16,19-20,23H,11H2/t14-,15?,16?,19+/m0/s1. The number of aliphatic hydroxyl groups is 2. The van der Waals surface area contributed by atoms with Crippen LogP contribution >= 0.6 is 0 Å². The highest BCUT2D eigenvalue weighted by Gasteiger charge is 2.44. The van der Waals surface area contributed by atoms with E-state index in [1.165, 1.54) is 0 Å². The lowest BCUT2D eigenvalue weighted by Crippen LogP contribution is -2.56. The number of carbonyl (C=O) groups is 2. The molecule has 2 N–H and O–H groups in total. The Kier molecular flexibility index (Phi) is 5.62. The third-order valence-corrected chi connectivity index (χ3v) is 3.93. The van der Waals surface area contributed by atoms with Gasteiger partial charge in [-0.3, -0.25) is 0 Å². The van der Waals surface area contributed by atoms with Crippen LogP contribution in [-0.2, 0) is 14.2 Å². The van der Waals surface area contributed by atoms with Gasteiger partial charge in [0.15, 0.2) is 18.5 Å². The first-order valence-electron chi connectivity index (χ1n) is 8.06. The van der Waals surface area contributed by atoms with Crippen molar-refractivity contribution >= 4 is 11.9 Å². The fraction of sp³-hybridized carbons (Fsp3) is 0.263. The summed E-state index contributed by atoms with van der Waals surface area (Å²) in [4.78, 5) is 24.5. The van der Waals surface area contributed by atoms with Crippen LogP contribution in [0.15, 0.2) is 60.7 Å². The minimum Gasteiger partial charge on any atom is -0.452 e. The second-order valence-corrected chi connectivity index (χ2v) is 5.76. The molecule has 1 aliphatic rings. The minimum absolute atomic E-state index is 0.257. The number of rotatable bonds is 4. The Morgan fingerprint density at radius 1 is 0.808 bits per heavy atom. The Hall–Kier alpha value is -2.74. The van der Waals surface area contributed by atoms with Crippen molar-refractivity contribution in [2.75, 3.05) is 6.61 Å². The SMILES string of the molecule is O=C(OC1C(OC(=O)c2ccccc2)[C@@H](O)CO[C@H]1O)c1ccccc1. The van der Waals surface area contributed by atoms with Crippen LogP contribution in [0.25, 0.3) is 0 Å². The Balaban J connectivity index is 1.76. The molecule has 0 amide bonds. The molecule has 4 atom stereocenters. The second-order valence-electron chi connectivity index (χ2n) is 5.76. The van der Waals surface area contributed by atoms with Crippen molar-refractivity contribution in [2.45, 2.75) is 24.6 Å². The van der Waals surface area contributed by atoms with E-state index in [4.69, 9.17) is 14.2 Å². The van der Waals surface area contributed by atoms with Crippen LogP contribution in [0.2, 0.25) is 0 Å². The van der Waals surface area contributed by atoms with E-state index in [0.717, 1.165) is 0 Å². The van der Waals surface area contributed by atoms with E-state index in [9.17, 15) is 19.8 Å². The average molecular weight is 358 g/mol. The zero-order valence-electron chi connectivity index (χ0n) is 13.7. The van der Waals surface area contributed by atoms with Crippen LogP contribution in [0.4, 0.5) is 0 Å². The lowest BCUT2D eigenvalue weighted by atomic mass is 10.0. The molecule has 0 aliphatic carbocycles. The molecule has 0 spiro atoms. The number of benzene rings is 2. The average Bonchev–Trinajstić information content (AvgIpc) is 2.68. The minimum atomic E-state index is -1.53. The highest BCUT2D eigenvalue weighted by atomic mass is 16.7. The number of carbonyl (C=O) groups excluding carboxylic acids is 2. The maximum Gasteiger partial charge on any atom is 0.338 e. The van der Waals surface area contributed by atoms with Crippen LogP contribution in [0.5, 0.6) is 0 Å². The van der Waals surface area contributed by atoms with Gasteiger partial charge in [-0.05, 0) is 24.3 Å². The number of ether oxygens (including phenoxy) is 3. The van der Waals surface area contributed by atoms with Gasteiger partial charge in [-0.2, -0.15) is 0 Å². The molecular weight excluding hydrogens is 340 g/mol. The lowest BCUT2D eigenvalue weighted by molar-refractivity contribution is -0.251. The smallest absolute Gasteiger partial charge is 0.338 e. The van der Waals surface area contributed by atoms with Gasteiger partial charge in [0.25, 0.3) is 0 Å². The molecular formula is C19H18O7. The molecule has 7 heteroatoms. The molecule has 2 unspecified atom stereocenters. The van der Waals surface area contributed by atoms with Gasteiger partial charge < -0.3 is 24.4 Å². The van der Waals surface area contributed by atoms with Crippen LogP contribution in [0.1, 0.15) is 20.7 Å². The normalized spacial score (nSPS) is 25.3. The maximum atomic E-state index is 12.3. The van der Waals surface area contributed by atoms with Gasteiger partial charge in [0, 0.05) is 0 Å². The number of hydrogen-bond acceptors (Lipinski definition) is 7. The molecule has 0 aromatic heterocycles. The van der Waals surface area contributed by atoms with Gasteiger partial charge in [0.05, 0.1) is 17.7 Å². The van der Waals surface area contributed by atoms with Gasteiger partial charge in [-0.15, -0.1) is 0 Å². The first-order chi connectivity index (χ1) is 12.6. The van der Waals surface area contributed by atoms with Gasteiger partial charge in [0.2, 0.25) is 0 Å². The molecule has 7 nitrogen and oxygen atoms in total. The Morgan fingerprint density at radius 2 is 1.27 bits per heavy atom. The van der Waals surface area contributed by atoms with Crippen molar-refractivity contribution in [1.29, 1.82) is 0 Å². The summed E-state index contributed by atoms with van der Waals surface area (Å²) >= 11 is 0. The number of hydrogen-bond donors (Lipinski definition) is 2. The van der Waals surface area contributed by atoms with Gasteiger partial charge in [-0.1, -0.05) is 36.4 Å². The van der Waals surface area contributed by atoms with E-state index in [1.54, 1.807) is 60.7 Å². The lowest BCUT2D eigenvalue weighted by Gasteiger charge is -2.37. The predicted octanol–water partition coefficient (Wildman–Crippen LogP) is 1.15. The summed E-state index contributed by atoms with van der Waals surface area (Å²) in [5.41, 5.74) is 0.529. The van der Waals surface area contributed by atoms with Crippen molar-refractivity contribution in [3.63, 3.8) is 0 Å². The van der Waals surface area contributed by atoms with Crippen LogP contribution < -0.4 is 0 Å². The van der Waals surface area contributed by atoms with Gasteiger partial charge >= 0.3 is 11.9 Å². The first-order valence-corrected chi connectivity index (χ1v) is 8.06. The Labute approximate surface area is 149 Å². The van der Waals surface area contributed by atoms with Crippen molar-refractivity contribution in [3.8, 4) is 0 Å². The number of aliphatic hydroxyl groups excluding tert-OH is 2. The summed E-state index contributed by atoms with van der Waals surface area (Å²) in [6, 6.07) is 16.3. The summed E-state index contributed by atoms with van der Waals surface area (Å²) < 4.78 is 15.6. The maximum absolute atomic E-state index is 12.3. The molecule has 1 aliphatic heterocycles. The Morgan fingerprint density at radius 3 is 1.77 bits per heavy atom. The fourth-order valence-corrected chi connectivity index (χ4v) is 2.57. The molecule has 2 aromatic carbocycles. The molecule has 2 aromatic rings. The van der Waals surface area contributed by atoms with E-state index in [2.05, 4.69) is 0 Å². The van der Waals surface area contributed by atoms with Crippen LogP contribution in [0, 0.1) is 0 Å². The third kappa shape index (κ3) is 4.08. The molecule has 1 heterocycles. The van der Waals surface area contributed by atoms with E-state index in [-0.39, 0.29) is 17.7 Å². The van der Waals surface area contributed by atoms with E-state index in [1.807, 2.05) is 0 Å². The Bertz CT molecular complexity index is 681. The van der Waals surface area contributed by atoms with Gasteiger partial charge in [0.1, 0.15) is 6.10 Å². The topological polar surface area (TPSA) is 102 Å². The highest BCUT2D eigenvalue weighted by Crippen LogP contribution is 2.23. The molecule has 0 radical (unpaired) electrons. The summed E-state index contributed by atoms with van der Waals surface area (Å²) in [5, 5.41) is 20.2. The largest absolute Gasteiger partial charge is 0.452 e. The van der Waals surface area contributed by atoms with Crippen molar-refractivity contribution in [2.24, 2.45) is 0 Å². The molecule has 0 saturated carbocycles. The summed E-state index contributed by atoms with van der Waals surface area (Å²) in [6.45, 7) is -0.257. The first kappa shape index (κ1) is 18.1. The van der Waals surface area contributed by atoms with Crippen molar-refractivity contribution in [1.82, 2.24) is 0 Å². The monoisotopic (exact) mass is 358 g/mol. The molecule has 1 saturated heterocycles. The quantitative estimate of drug-likeness (QED) is 0.790. The molecule has 136 valence electrons. The van der Waals surface area contributed by atoms with Crippen LogP contribution in [0.3, 0.4) is 0 Å². The van der Waals surface area contributed by atoms with E-state index in [0.29, 0.717) is 0 Å². The van der Waals surface area contributed by atoms with E-state index < -0.39 is 36.5 Å². The fourth-order valence-electron chi connectivity index (χ4n) is 2.57. The molecule has 1 fully saturated rings. The predicted molar refractivity (Wildman–Crippen MR) is 89.3 cm³/mol. The molecule has 26 heavy (non-hydrogen) atoms. The molecule has 0 bridgehead atoms. The van der Waals surface area contributed by atoms with Crippen molar-refractivity contribution < 1.29 is 34.0 Å². The van der Waals surface area contributed by atoms with E-state index >= 15 is 0 Å². The molecule has 3 rings (SSSR count).